The van der Waals surface area contributed by atoms with E-state index in [2.05, 4.69) is 15.0 Å². The standard InChI is InChI=1S/C14H11F3N4O/c15-14(16,17)10(9-4-2-1-3-5-9)6-21-8-20-11-12(21)18-7-19-13(11)22/h1-5,7-8,10H,6H2,(H,18,19,22). The lowest BCUT2D eigenvalue weighted by molar-refractivity contribution is -0.153. The molecule has 1 atom stereocenters. The molecule has 114 valence electrons. The molecule has 0 spiro atoms. The minimum atomic E-state index is -4.42. The van der Waals surface area contributed by atoms with Gasteiger partial charge in [0.15, 0.2) is 11.2 Å². The number of imidazole rings is 1. The molecule has 2 heterocycles. The average Bonchev–Trinajstić information content (AvgIpc) is 2.89. The Balaban J connectivity index is 2.04. The molecule has 0 saturated carbocycles. The fraction of sp³-hybridized carbons (Fsp3) is 0.214. The topological polar surface area (TPSA) is 63.6 Å². The average molecular weight is 308 g/mol. The minimum absolute atomic E-state index is 0.0245. The summed E-state index contributed by atoms with van der Waals surface area (Å²) in [6.45, 7) is -0.388. The third-order valence-corrected chi connectivity index (χ3v) is 3.38. The van der Waals surface area contributed by atoms with E-state index in [0.29, 0.717) is 0 Å². The summed E-state index contributed by atoms with van der Waals surface area (Å²) in [6, 6.07) is 7.63. The maximum Gasteiger partial charge on any atom is 0.397 e. The lowest BCUT2D eigenvalue weighted by Gasteiger charge is -2.21. The molecule has 0 radical (unpaired) electrons. The maximum absolute atomic E-state index is 13.4. The van der Waals surface area contributed by atoms with Crippen LogP contribution in [0, 0.1) is 0 Å². The molecule has 0 fully saturated rings. The molecule has 2 aromatic heterocycles. The van der Waals surface area contributed by atoms with E-state index < -0.39 is 17.7 Å². The summed E-state index contributed by atoms with van der Waals surface area (Å²) in [5.41, 5.74) is -0.167. The van der Waals surface area contributed by atoms with Crippen LogP contribution in [-0.4, -0.2) is 25.7 Å². The van der Waals surface area contributed by atoms with E-state index in [1.54, 1.807) is 18.2 Å². The first-order chi connectivity index (χ1) is 10.5. The zero-order valence-electron chi connectivity index (χ0n) is 11.2. The van der Waals surface area contributed by atoms with Gasteiger partial charge in [-0.2, -0.15) is 13.2 Å². The highest BCUT2D eigenvalue weighted by Gasteiger charge is 2.41. The van der Waals surface area contributed by atoms with Gasteiger partial charge in [-0.1, -0.05) is 30.3 Å². The van der Waals surface area contributed by atoms with Crippen molar-refractivity contribution in [3.8, 4) is 0 Å². The normalized spacial score (nSPS) is 13.4. The van der Waals surface area contributed by atoms with E-state index in [9.17, 15) is 18.0 Å². The van der Waals surface area contributed by atoms with Crippen molar-refractivity contribution < 1.29 is 13.2 Å². The molecule has 0 aliphatic rings. The number of aromatic amines is 1. The highest BCUT2D eigenvalue weighted by atomic mass is 19.4. The molecular formula is C14H11F3N4O. The number of benzene rings is 1. The van der Waals surface area contributed by atoms with Crippen molar-refractivity contribution in [1.29, 1.82) is 0 Å². The van der Waals surface area contributed by atoms with Crippen LogP contribution in [0.4, 0.5) is 13.2 Å². The number of fused-ring (bicyclic) bond motifs is 1. The van der Waals surface area contributed by atoms with E-state index in [0.717, 1.165) is 6.33 Å². The second kappa shape index (κ2) is 5.28. The zero-order chi connectivity index (χ0) is 15.7. The minimum Gasteiger partial charge on any atom is -0.314 e. The molecular weight excluding hydrogens is 297 g/mol. The predicted molar refractivity (Wildman–Crippen MR) is 73.4 cm³/mol. The first-order valence-electron chi connectivity index (χ1n) is 6.47. The summed E-state index contributed by atoms with van der Waals surface area (Å²) in [7, 11) is 0. The highest BCUT2D eigenvalue weighted by molar-refractivity contribution is 5.68. The van der Waals surface area contributed by atoms with Gasteiger partial charge in [0.05, 0.1) is 18.6 Å². The van der Waals surface area contributed by atoms with Crippen LogP contribution in [0.25, 0.3) is 11.2 Å². The second-order valence-corrected chi connectivity index (χ2v) is 4.81. The fourth-order valence-electron chi connectivity index (χ4n) is 2.31. The lowest BCUT2D eigenvalue weighted by atomic mass is 9.98. The van der Waals surface area contributed by atoms with E-state index in [1.807, 2.05) is 0 Å². The summed E-state index contributed by atoms with van der Waals surface area (Å²) < 4.78 is 41.3. The summed E-state index contributed by atoms with van der Waals surface area (Å²) >= 11 is 0. The second-order valence-electron chi connectivity index (χ2n) is 4.81. The van der Waals surface area contributed by atoms with Gasteiger partial charge < -0.3 is 9.55 Å². The van der Waals surface area contributed by atoms with Crippen molar-refractivity contribution >= 4 is 11.2 Å². The molecule has 0 aliphatic carbocycles. The quantitative estimate of drug-likeness (QED) is 0.808. The van der Waals surface area contributed by atoms with Gasteiger partial charge in [0.25, 0.3) is 5.56 Å². The monoisotopic (exact) mass is 308 g/mol. The van der Waals surface area contributed by atoms with E-state index in [-0.39, 0.29) is 23.3 Å². The van der Waals surface area contributed by atoms with Crippen LogP contribution in [0.2, 0.25) is 0 Å². The molecule has 3 aromatic rings. The zero-order valence-corrected chi connectivity index (χ0v) is 11.2. The van der Waals surface area contributed by atoms with Gasteiger partial charge in [-0.15, -0.1) is 0 Å². The van der Waals surface area contributed by atoms with Crippen molar-refractivity contribution in [1.82, 2.24) is 19.5 Å². The van der Waals surface area contributed by atoms with Crippen LogP contribution < -0.4 is 5.56 Å². The van der Waals surface area contributed by atoms with Crippen LogP contribution in [0.5, 0.6) is 0 Å². The van der Waals surface area contributed by atoms with E-state index in [1.165, 1.54) is 23.0 Å². The Hall–Kier alpha value is -2.64. The van der Waals surface area contributed by atoms with Gasteiger partial charge in [0, 0.05) is 6.54 Å². The van der Waals surface area contributed by atoms with Gasteiger partial charge >= 0.3 is 6.18 Å². The van der Waals surface area contributed by atoms with Crippen molar-refractivity contribution in [3.05, 3.63) is 58.9 Å². The summed E-state index contributed by atoms with van der Waals surface area (Å²) in [5, 5.41) is 0. The van der Waals surface area contributed by atoms with Gasteiger partial charge in [-0.25, -0.2) is 9.97 Å². The Bertz CT molecular complexity index is 838. The number of halogens is 3. The number of nitrogens with zero attached hydrogens (tertiary/aromatic N) is 3. The van der Waals surface area contributed by atoms with Crippen LogP contribution in [0.3, 0.4) is 0 Å². The third kappa shape index (κ3) is 2.59. The number of nitrogens with one attached hydrogen (secondary N) is 1. The number of hydrogen-bond donors (Lipinski definition) is 1. The molecule has 1 unspecified atom stereocenters. The Morgan fingerprint density at radius 2 is 1.91 bits per heavy atom. The Kier molecular flexibility index (Phi) is 3.44. The summed E-state index contributed by atoms with van der Waals surface area (Å²) in [4.78, 5) is 21.6. The summed E-state index contributed by atoms with van der Waals surface area (Å²) in [6.07, 6.45) is -2.07. The number of rotatable bonds is 3. The van der Waals surface area contributed by atoms with Gasteiger partial charge in [-0.3, -0.25) is 4.79 Å². The van der Waals surface area contributed by atoms with Crippen LogP contribution in [0.1, 0.15) is 11.5 Å². The lowest BCUT2D eigenvalue weighted by Crippen LogP contribution is -2.25. The van der Waals surface area contributed by atoms with Crippen LogP contribution in [-0.2, 0) is 6.54 Å². The van der Waals surface area contributed by atoms with Crippen molar-refractivity contribution in [3.63, 3.8) is 0 Å². The first-order valence-corrected chi connectivity index (χ1v) is 6.47. The highest BCUT2D eigenvalue weighted by Crippen LogP contribution is 2.36. The molecule has 0 aliphatic heterocycles. The molecule has 22 heavy (non-hydrogen) atoms. The molecule has 0 saturated heterocycles. The molecule has 0 amide bonds. The molecule has 1 aromatic carbocycles. The van der Waals surface area contributed by atoms with Gasteiger partial charge in [0.2, 0.25) is 0 Å². The Morgan fingerprint density at radius 1 is 1.18 bits per heavy atom. The first kappa shape index (κ1) is 14.3. The number of H-pyrrole nitrogens is 1. The van der Waals surface area contributed by atoms with Crippen LogP contribution >= 0.6 is 0 Å². The predicted octanol–water partition coefficient (Wildman–Crippen LogP) is 2.47. The van der Waals surface area contributed by atoms with Crippen molar-refractivity contribution in [2.45, 2.75) is 18.6 Å². The van der Waals surface area contributed by atoms with Gasteiger partial charge in [-0.05, 0) is 5.56 Å². The van der Waals surface area contributed by atoms with Crippen molar-refractivity contribution in [2.75, 3.05) is 0 Å². The Labute approximate surface area is 122 Å². The third-order valence-electron chi connectivity index (χ3n) is 3.38. The largest absolute Gasteiger partial charge is 0.397 e. The molecule has 3 rings (SSSR count). The van der Waals surface area contributed by atoms with Crippen molar-refractivity contribution in [2.24, 2.45) is 0 Å². The number of hydrogen-bond acceptors (Lipinski definition) is 3. The smallest absolute Gasteiger partial charge is 0.314 e. The molecule has 8 heteroatoms. The number of alkyl halides is 3. The maximum atomic E-state index is 13.4. The SMILES string of the molecule is O=c1[nH]cnc2c1ncn2CC(c1ccccc1)C(F)(F)F. The van der Waals surface area contributed by atoms with Gasteiger partial charge in [0.1, 0.15) is 0 Å². The number of aromatic nitrogens is 4. The molecule has 0 bridgehead atoms. The molecule has 1 N–H and O–H groups in total. The molecule has 5 nitrogen and oxygen atoms in total. The fourth-order valence-corrected chi connectivity index (χ4v) is 2.31. The van der Waals surface area contributed by atoms with E-state index >= 15 is 0 Å². The Morgan fingerprint density at radius 3 is 2.59 bits per heavy atom. The van der Waals surface area contributed by atoms with E-state index in [4.69, 9.17) is 0 Å². The van der Waals surface area contributed by atoms with Crippen LogP contribution in [0.15, 0.2) is 47.8 Å². The summed E-state index contributed by atoms with van der Waals surface area (Å²) in [5.74, 6) is -1.70.